The first kappa shape index (κ1) is 17.4. The van der Waals surface area contributed by atoms with Crippen LogP contribution >= 0.6 is 27.3 Å². The Hall–Kier alpha value is -2.38. The van der Waals surface area contributed by atoms with Gasteiger partial charge in [0.05, 0.1) is 18.4 Å². The third-order valence-electron chi connectivity index (χ3n) is 3.42. The second kappa shape index (κ2) is 7.67. The van der Waals surface area contributed by atoms with Crippen LogP contribution in [0.4, 0.5) is 0 Å². The minimum absolute atomic E-state index is 0.0242. The van der Waals surface area contributed by atoms with Crippen molar-refractivity contribution in [2.45, 2.75) is 6.61 Å². The Labute approximate surface area is 157 Å². The van der Waals surface area contributed by atoms with Crippen LogP contribution in [0.3, 0.4) is 0 Å². The molecule has 0 unspecified atom stereocenters. The standard InChI is InChI=1S/C18H14BrNO4S/c1-23-16-5-3-2-4-13(16)17-20-12(10-25-17)9-24-18(22)14-8-11(19)6-7-15(14)21/h2-8,10,21H,9H2,1H3. The molecule has 5 nitrogen and oxygen atoms in total. The van der Waals surface area contributed by atoms with Gasteiger partial charge in [-0.15, -0.1) is 11.3 Å². The lowest BCUT2D eigenvalue weighted by atomic mass is 10.2. The minimum atomic E-state index is -0.606. The fraction of sp³-hybridized carbons (Fsp3) is 0.111. The summed E-state index contributed by atoms with van der Waals surface area (Å²) in [4.78, 5) is 16.6. The molecule has 128 valence electrons. The summed E-state index contributed by atoms with van der Waals surface area (Å²) in [6.45, 7) is 0.0242. The van der Waals surface area contributed by atoms with E-state index in [9.17, 15) is 9.90 Å². The molecule has 7 heteroatoms. The second-order valence-corrected chi connectivity index (χ2v) is 6.86. The first-order valence-corrected chi connectivity index (χ1v) is 8.99. The molecule has 25 heavy (non-hydrogen) atoms. The normalized spacial score (nSPS) is 10.5. The van der Waals surface area contributed by atoms with Gasteiger partial charge in [0.25, 0.3) is 0 Å². The molecule has 0 saturated heterocycles. The van der Waals surface area contributed by atoms with Crippen molar-refractivity contribution in [2.24, 2.45) is 0 Å². The number of thiazole rings is 1. The van der Waals surface area contributed by atoms with Gasteiger partial charge in [0.2, 0.25) is 0 Å². The Morgan fingerprint density at radius 2 is 2.08 bits per heavy atom. The van der Waals surface area contributed by atoms with Crippen LogP contribution in [-0.2, 0) is 11.3 Å². The Bertz CT molecular complexity index is 910. The number of aromatic nitrogens is 1. The summed E-state index contributed by atoms with van der Waals surface area (Å²) in [5.74, 6) is 0.00582. The average molecular weight is 420 g/mol. The van der Waals surface area contributed by atoms with Crippen molar-refractivity contribution in [3.63, 3.8) is 0 Å². The Morgan fingerprint density at radius 3 is 2.88 bits per heavy atom. The maximum atomic E-state index is 12.1. The highest BCUT2D eigenvalue weighted by molar-refractivity contribution is 9.10. The SMILES string of the molecule is COc1ccccc1-c1nc(COC(=O)c2cc(Br)ccc2O)cs1. The third kappa shape index (κ3) is 4.00. The van der Waals surface area contributed by atoms with Gasteiger partial charge in [0.15, 0.2) is 0 Å². The van der Waals surface area contributed by atoms with Crippen molar-refractivity contribution in [1.29, 1.82) is 0 Å². The number of esters is 1. The van der Waals surface area contributed by atoms with Crippen molar-refractivity contribution < 1.29 is 19.4 Å². The van der Waals surface area contributed by atoms with Crippen LogP contribution in [-0.4, -0.2) is 23.2 Å². The van der Waals surface area contributed by atoms with Crippen LogP contribution in [0.15, 0.2) is 52.3 Å². The van der Waals surface area contributed by atoms with Gasteiger partial charge in [-0.1, -0.05) is 28.1 Å². The van der Waals surface area contributed by atoms with Gasteiger partial charge in [0, 0.05) is 9.85 Å². The predicted molar refractivity (Wildman–Crippen MR) is 99.0 cm³/mol. The molecule has 3 rings (SSSR count). The summed E-state index contributed by atoms with van der Waals surface area (Å²) in [5, 5.41) is 12.4. The van der Waals surface area contributed by atoms with Gasteiger partial charge >= 0.3 is 5.97 Å². The first-order chi connectivity index (χ1) is 12.1. The zero-order chi connectivity index (χ0) is 17.8. The Kier molecular flexibility index (Phi) is 5.35. The van der Waals surface area contributed by atoms with E-state index in [2.05, 4.69) is 20.9 Å². The number of aromatic hydroxyl groups is 1. The van der Waals surface area contributed by atoms with E-state index in [0.29, 0.717) is 10.2 Å². The fourth-order valence-corrected chi connectivity index (χ4v) is 3.40. The van der Waals surface area contributed by atoms with Crippen molar-refractivity contribution in [3.05, 3.63) is 63.6 Å². The summed E-state index contributed by atoms with van der Waals surface area (Å²) in [6, 6.07) is 12.2. The summed E-state index contributed by atoms with van der Waals surface area (Å²) >= 11 is 4.71. The largest absolute Gasteiger partial charge is 0.507 e. The van der Waals surface area contributed by atoms with Crippen LogP contribution in [0, 0.1) is 0 Å². The molecule has 1 N–H and O–H groups in total. The van der Waals surface area contributed by atoms with E-state index in [0.717, 1.165) is 16.3 Å². The summed E-state index contributed by atoms with van der Waals surface area (Å²) in [7, 11) is 1.61. The number of halogens is 1. The van der Waals surface area contributed by atoms with Gasteiger partial charge in [-0.3, -0.25) is 0 Å². The van der Waals surface area contributed by atoms with E-state index in [1.165, 1.54) is 23.5 Å². The second-order valence-electron chi connectivity index (χ2n) is 5.08. The van der Waals surface area contributed by atoms with Gasteiger partial charge in [-0.05, 0) is 30.3 Å². The van der Waals surface area contributed by atoms with Gasteiger partial charge in [-0.25, -0.2) is 9.78 Å². The molecule has 0 atom stereocenters. The molecule has 0 bridgehead atoms. The number of phenolic OH excluding ortho intramolecular Hbond substituents is 1. The quantitative estimate of drug-likeness (QED) is 0.609. The molecule has 0 aliphatic heterocycles. The lowest BCUT2D eigenvalue weighted by Gasteiger charge is -2.06. The molecular formula is C18H14BrNO4S. The van der Waals surface area contributed by atoms with Crippen LogP contribution in [0.25, 0.3) is 10.6 Å². The molecule has 0 aliphatic rings. The minimum Gasteiger partial charge on any atom is -0.507 e. The van der Waals surface area contributed by atoms with Crippen LogP contribution in [0.2, 0.25) is 0 Å². The highest BCUT2D eigenvalue weighted by Crippen LogP contribution is 2.32. The number of para-hydroxylation sites is 1. The predicted octanol–water partition coefficient (Wildman–Crippen LogP) is 4.64. The molecule has 3 aromatic rings. The third-order valence-corrected chi connectivity index (χ3v) is 4.84. The number of hydrogen-bond acceptors (Lipinski definition) is 6. The maximum Gasteiger partial charge on any atom is 0.342 e. The molecular weight excluding hydrogens is 406 g/mol. The molecule has 1 heterocycles. The summed E-state index contributed by atoms with van der Waals surface area (Å²) < 4.78 is 11.3. The van der Waals surface area contributed by atoms with E-state index < -0.39 is 5.97 Å². The number of rotatable bonds is 5. The number of carbonyl (C=O) groups excluding carboxylic acids is 1. The first-order valence-electron chi connectivity index (χ1n) is 7.32. The average Bonchev–Trinajstić information content (AvgIpc) is 3.10. The summed E-state index contributed by atoms with van der Waals surface area (Å²) in [6.07, 6.45) is 0. The van der Waals surface area contributed by atoms with Crippen LogP contribution in [0.5, 0.6) is 11.5 Å². The zero-order valence-corrected chi connectivity index (χ0v) is 15.6. The molecule has 0 radical (unpaired) electrons. The van der Waals surface area contributed by atoms with Crippen molar-refractivity contribution in [1.82, 2.24) is 4.98 Å². The number of ether oxygens (including phenoxy) is 2. The Balaban J connectivity index is 1.72. The monoisotopic (exact) mass is 419 g/mol. The molecule has 0 aliphatic carbocycles. The number of benzene rings is 2. The number of methoxy groups -OCH3 is 1. The molecule has 0 fully saturated rings. The summed E-state index contributed by atoms with van der Waals surface area (Å²) in [5.41, 5.74) is 1.63. The molecule has 0 amide bonds. The fourth-order valence-electron chi connectivity index (χ4n) is 2.21. The molecule has 0 spiro atoms. The molecule has 1 aromatic heterocycles. The highest BCUT2D eigenvalue weighted by Gasteiger charge is 2.15. The van der Waals surface area contributed by atoms with Gasteiger partial charge in [0.1, 0.15) is 28.7 Å². The number of nitrogens with zero attached hydrogens (tertiary/aromatic N) is 1. The van der Waals surface area contributed by atoms with Crippen molar-refractivity contribution in [3.8, 4) is 22.1 Å². The van der Waals surface area contributed by atoms with E-state index in [-0.39, 0.29) is 17.9 Å². The highest BCUT2D eigenvalue weighted by atomic mass is 79.9. The molecule has 0 saturated carbocycles. The van der Waals surface area contributed by atoms with Crippen LogP contribution in [0.1, 0.15) is 16.1 Å². The van der Waals surface area contributed by atoms with E-state index in [4.69, 9.17) is 9.47 Å². The van der Waals surface area contributed by atoms with Crippen LogP contribution < -0.4 is 4.74 Å². The van der Waals surface area contributed by atoms with E-state index in [1.54, 1.807) is 13.2 Å². The molecule has 2 aromatic carbocycles. The number of carbonyl (C=O) groups is 1. The van der Waals surface area contributed by atoms with E-state index in [1.807, 2.05) is 29.6 Å². The van der Waals surface area contributed by atoms with E-state index >= 15 is 0 Å². The maximum absolute atomic E-state index is 12.1. The van der Waals surface area contributed by atoms with Gasteiger partial charge < -0.3 is 14.6 Å². The zero-order valence-electron chi connectivity index (χ0n) is 13.2. The van der Waals surface area contributed by atoms with Crippen molar-refractivity contribution >= 4 is 33.2 Å². The van der Waals surface area contributed by atoms with Gasteiger partial charge in [-0.2, -0.15) is 0 Å². The number of hydrogen-bond donors (Lipinski definition) is 1. The number of phenols is 1. The Morgan fingerprint density at radius 1 is 1.28 bits per heavy atom. The van der Waals surface area contributed by atoms with Crippen molar-refractivity contribution in [2.75, 3.05) is 7.11 Å². The lowest BCUT2D eigenvalue weighted by Crippen LogP contribution is -2.05. The smallest absolute Gasteiger partial charge is 0.342 e. The topological polar surface area (TPSA) is 68.7 Å². The lowest BCUT2D eigenvalue weighted by molar-refractivity contribution is 0.0465.